The van der Waals surface area contributed by atoms with Crippen LogP contribution in [0.4, 0.5) is 10.2 Å². The van der Waals surface area contributed by atoms with Crippen LogP contribution in [-0.2, 0) is 16.0 Å². The maximum atomic E-state index is 13.1. The average molecular weight is 409 g/mol. The summed E-state index contributed by atoms with van der Waals surface area (Å²) in [5.41, 5.74) is 7.22. The number of ether oxygens (including phenoxy) is 1. The SMILES string of the molecule is CC(C)(C)OC(=O)Cc1nc(-c2cccnc2N)sc1C#Cc1ccc(F)cc1. The van der Waals surface area contributed by atoms with Crippen molar-refractivity contribution in [3.05, 3.63) is 64.5 Å². The maximum Gasteiger partial charge on any atom is 0.312 e. The summed E-state index contributed by atoms with van der Waals surface area (Å²) in [7, 11) is 0. The molecule has 2 aromatic heterocycles. The second-order valence-electron chi connectivity index (χ2n) is 7.25. The van der Waals surface area contributed by atoms with E-state index in [1.165, 1.54) is 23.5 Å². The molecule has 3 rings (SSSR count). The lowest BCUT2D eigenvalue weighted by molar-refractivity contribution is -0.153. The Balaban J connectivity index is 1.97. The largest absolute Gasteiger partial charge is 0.460 e. The monoisotopic (exact) mass is 409 g/mol. The molecule has 2 N–H and O–H groups in total. The van der Waals surface area contributed by atoms with E-state index in [9.17, 15) is 9.18 Å². The molecular formula is C22H20FN3O2S. The highest BCUT2D eigenvalue weighted by atomic mass is 32.1. The number of hydrogen-bond acceptors (Lipinski definition) is 6. The van der Waals surface area contributed by atoms with Gasteiger partial charge in [-0.3, -0.25) is 4.79 Å². The van der Waals surface area contributed by atoms with E-state index in [0.29, 0.717) is 32.5 Å². The number of hydrogen-bond donors (Lipinski definition) is 1. The summed E-state index contributed by atoms with van der Waals surface area (Å²) in [6.45, 7) is 5.43. The molecule has 0 spiro atoms. The van der Waals surface area contributed by atoms with Crippen LogP contribution >= 0.6 is 11.3 Å². The highest BCUT2D eigenvalue weighted by Crippen LogP contribution is 2.31. The first-order valence-electron chi connectivity index (χ1n) is 8.91. The first-order chi connectivity index (χ1) is 13.7. The van der Waals surface area contributed by atoms with E-state index in [0.717, 1.165) is 0 Å². The van der Waals surface area contributed by atoms with Crippen molar-refractivity contribution in [2.24, 2.45) is 0 Å². The summed E-state index contributed by atoms with van der Waals surface area (Å²) < 4.78 is 18.5. The second-order valence-corrected chi connectivity index (χ2v) is 8.25. The van der Waals surface area contributed by atoms with E-state index in [2.05, 4.69) is 21.8 Å². The van der Waals surface area contributed by atoms with Crippen molar-refractivity contribution in [1.82, 2.24) is 9.97 Å². The number of anilines is 1. The second kappa shape index (κ2) is 8.41. The summed E-state index contributed by atoms with van der Waals surface area (Å²) in [5, 5.41) is 0.623. The number of nitrogen functional groups attached to an aromatic ring is 1. The predicted molar refractivity (Wildman–Crippen MR) is 112 cm³/mol. The third kappa shape index (κ3) is 5.62. The number of benzene rings is 1. The molecule has 0 saturated carbocycles. The van der Waals surface area contributed by atoms with Crippen LogP contribution in [-0.4, -0.2) is 21.5 Å². The van der Waals surface area contributed by atoms with Gasteiger partial charge in [-0.15, -0.1) is 11.3 Å². The van der Waals surface area contributed by atoms with Crippen LogP contribution in [0.25, 0.3) is 10.6 Å². The van der Waals surface area contributed by atoms with Crippen molar-refractivity contribution >= 4 is 23.1 Å². The van der Waals surface area contributed by atoms with Crippen molar-refractivity contribution in [2.45, 2.75) is 32.8 Å². The fourth-order valence-corrected chi connectivity index (χ4v) is 3.43. The van der Waals surface area contributed by atoms with Gasteiger partial charge in [0.25, 0.3) is 0 Å². The zero-order valence-corrected chi connectivity index (χ0v) is 17.1. The number of pyridine rings is 1. The van der Waals surface area contributed by atoms with Crippen LogP contribution in [0.1, 0.15) is 36.9 Å². The minimum atomic E-state index is -0.594. The van der Waals surface area contributed by atoms with Gasteiger partial charge in [-0.05, 0) is 63.1 Å². The normalized spacial score (nSPS) is 10.9. The van der Waals surface area contributed by atoms with E-state index < -0.39 is 11.6 Å². The van der Waals surface area contributed by atoms with Crippen LogP contribution in [0.5, 0.6) is 0 Å². The molecule has 0 atom stereocenters. The van der Waals surface area contributed by atoms with Crippen molar-refractivity contribution in [3.8, 4) is 22.4 Å². The maximum absolute atomic E-state index is 13.1. The number of carbonyl (C=O) groups excluding carboxylic acids is 1. The minimum Gasteiger partial charge on any atom is -0.460 e. The smallest absolute Gasteiger partial charge is 0.312 e. The van der Waals surface area contributed by atoms with Gasteiger partial charge in [0.1, 0.15) is 27.1 Å². The number of thiazole rings is 1. The average Bonchev–Trinajstić information content (AvgIpc) is 3.02. The Bertz CT molecular complexity index is 1090. The fourth-order valence-electron chi connectivity index (χ4n) is 2.46. The zero-order valence-electron chi connectivity index (χ0n) is 16.3. The minimum absolute atomic E-state index is 0.0125. The van der Waals surface area contributed by atoms with Gasteiger partial charge in [0, 0.05) is 11.8 Å². The topological polar surface area (TPSA) is 78.1 Å². The van der Waals surface area contributed by atoms with Gasteiger partial charge in [0.05, 0.1) is 17.7 Å². The van der Waals surface area contributed by atoms with Crippen LogP contribution in [0.3, 0.4) is 0 Å². The Morgan fingerprint density at radius 1 is 1.21 bits per heavy atom. The first-order valence-corrected chi connectivity index (χ1v) is 9.73. The van der Waals surface area contributed by atoms with Crippen molar-refractivity contribution < 1.29 is 13.9 Å². The fraction of sp³-hybridized carbons (Fsp3) is 0.227. The molecule has 7 heteroatoms. The number of halogens is 1. The molecule has 0 saturated heterocycles. The first kappa shape index (κ1) is 20.5. The molecule has 0 radical (unpaired) electrons. The molecule has 0 bridgehead atoms. The number of aromatic nitrogens is 2. The van der Waals surface area contributed by atoms with Gasteiger partial charge in [-0.2, -0.15) is 0 Å². The molecule has 5 nitrogen and oxygen atoms in total. The molecule has 2 heterocycles. The molecule has 148 valence electrons. The van der Waals surface area contributed by atoms with Gasteiger partial charge in [0.2, 0.25) is 0 Å². The highest BCUT2D eigenvalue weighted by molar-refractivity contribution is 7.15. The van der Waals surface area contributed by atoms with E-state index in [1.807, 2.05) is 26.8 Å². The lowest BCUT2D eigenvalue weighted by Gasteiger charge is -2.19. The Hall–Kier alpha value is -3.24. The van der Waals surface area contributed by atoms with E-state index in [4.69, 9.17) is 10.5 Å². The van der Waals surface area contributed by atoms with E-state index >= 15 is 0 Å². The number of esters is 1. The standard InChI is InChI=1S/C22H20FN3O2S/c1-22(2,3)28-19(27)13-17-18(11-8-14-6-9-15(23)10-7-14)29-21(26-17)16-5-4-12-25-20(16)24/h4-7,9-10,12H,13H2,1-3H3,(H2,24,25). The number of nitrogens with zero attached hydrogens (tertiary/aromatic N) is 2. The summed E-state index contributed by atoms with van der Waals surface area (Å²) in [6.07, 6.45) is 1.59. The van der Waals surface area contributed by atoms with Crippen molar-refractivity contribution in [3.63, 3.8) is 0 Å². The Morgan fingerprint density at radius 2 is 1.93 bits per heavy atom. The molecule has 0 unspecified atom stereocenters. The van der Waals surface area contributed by atoms with Crippen molar-refractivity contribution in [1.29, 1.82) is 0 Å². The highest BCUT2D eigenvalue weighted by Gasteiger charge is 2.21. The number of rotatable bonds is 3. The molecule has 0 aliphatic heterocycles. The molecule has 1 aromatic carbocycles. The molecule has 29 heavy (non-hydrogen) atoms. The zero-order chi connectivity index (χ0) is 21.0. The Morgan fingerprint density at radius 3 is 2.59 bits per heavy atom. The summed E-state index contributed by atoms with van der Waals surface area (Å²) in [4.78, 5) is 21.6. The van der Waals surface area contributed by atoms with Crippen LogP contribution in [0.2, 0.25) is 0 Å². The van der Waals surface area contributed by atoms with E-state index in [1.54, 1.807) is 24.4 Å². The molecule has 0 amide bonds. The lowest BCUT2D eigenvalue weighted by atomic mass is 10.2. The summed E-state index contributed by atoms with van der Waals surface area (Å²) >= 11 is 1.32. The lowest BCUT2D eigenvalue weighted by Crippen LogP contribution is -2.25. The van der Waals surface area contributed by atoms with Gasteiger partial charge in [-0.1, -0.05) is 5.92 Å². The number of carbonyl (C=O) groups is 1. The van der Waals surface area contributed by atoms with Gasteiger partial charge in [-0.25, -0.2) is 14.4 Å². The van der Waals surface area contributed by atoms with Gasteiger partial charge >= 0.3 is 5.97 Å². The van der Waals surface area contributed by atoms with Crippen LogP contribution in [0, 0.1) is 17.7 Å². The molecular weight excluding hydrogens is 389 g/mol. The summed E-state index contributed by atoms with van der Waals surface area (Å²) in [6, 6.07) is 9.47. The molecule has 0 aliphatic rings. The Labute approximate surface area is 172 Å². The van der Waals surface area contributed by atoms with Crippen LogP contribution < -0.4 is 5.73 Å². The molecule has 3 aromatic rings. The van der Waals surface area contributed by atoms with Crippen molar-refractivity contribution in [2.75, 3.05) is 5.73 Å². The third-order valence-electron chi connectivity index (χ3n) is 3.66. The number of nitrogens with two attached hydrogens (primary N) is 1. The summed E-state index contributed by atoms with van der Waals surface area (Å²) in [5.74, 6) is 5.66. The van der Waals surface area contributed by atoms with E-state index in [-0.39, 0.29) is 12.2 Å². The quantitative estimate of drug-likeness (QED) is 0.518. The Kier molecular flexibility index (Phi) is 5.95. The third-order valence-corrected chi connectivity index (χ3v) is 4.71. The van der Waals surface area contributed by atoms with Gasteiger partial charge < -0.3 is 10.5 Å². The molecule has 0 fully saturated rings. The molecule has 0 aliphatic carbocycles. The van der Waals surface area contributed by atoms with Gasteiger partial charge in [0.15, 0.2) is 0 Å². The predicted octanol–water partition coefficient (Wildman–Crippen LogP) is 4.21. The van der Waals surface area contributed by atoms with Crippen LogP contribution in [0.15, 0.2) is 42.6 Å².